The molecule has 0 bridgehead atoms. The number of carbonyl (C=O) groups excluding carboxylic acids is 1. The molecule has 1 saturated heterocycles. The van der Waals surface area contributed by atoms with Crippen LogP contribution in [0.25, 0.3) is 0 Å². The molecule has 0 aliphatic carbocycles. The summed E-state index contributed by atoms with van der Waals surface area (Å²) in [5.74, 6) is 0. The predicted molar refractivity (Wildman–Crippen MR) is 86.8 cm³/mol. The van der Waals surface area contributed by atoms with Gasteiger partial charge in [0.2, 0.25) is 0 Å². The number of nitrogens with one attached hydrogen (secondary N) is 1. The zero-order valence-corrected chi connectivity index (χ0v) is 13.8. The molecular weight excluding hydrogens is 278 g/mol. The van der Waals surface area contributed by atoms with Crippen LogP contribution in [-0.4, -0.2) is 47.3 Å². The van der Waals surface area contributed by atoms with Gasteiger partial charge >= 0.3 is 6.09 Å². The van der Waals surface area contributed by atoms with Crippen LogP contribution in [0.2, 0.25) is 0 Å². The molecule has 0 spiro atoms. The molecule has 1 amide bonds. The zero-order chi connectivity index (χ0) is 16.0. The Balaban J connectivity index is 1.75. The average molecular weight is 305 g/mol. The van der Waals surface area contributed by atoms with E-state index in [0.29, 0.717) is 0 Å². The maximum atomic E-state index is 11.9. The third-order valence-corrected chi connectivity index (χ3v) is 3.64. The molecule has 0 saturated carbocycles. The number of hydrogen-bond donors (Lipinski definition) is 1. The quantitative estimate of drug-likeness (QED) is 0.929. The summed E-state index contributed by atoms with van der Waals surface area (Å²) in [6.07, 6.45) is 4.57. The molecule has 1 aromatic heterocycles. The van der Waals surface area contributed by atoms with Crippen LogP contribution in [-0.2, 0) is 11.2 Å². The van der Waals surface area contributed by atoms with E-state index >= 15 is 0 Å². The van der Waals surface area contributed by atoms with Crippen molar-refractivity contribution in [2.24, 2.45) is 0 Å². The van der Waals surface area contributed by atoms with Gasteiger partial charge < -0.3 is 15.0 Å². The number of alkyl carbamates (subject to hydrolysis) is 1. The number of carbonyl (C=O) groups is 1. The summed E-state index contributed by atoms with van der Waals surface area (Å²) in [4.78, 5) is 18.6. The van der Waals surface area contributed by atoms with Gasteiger partial charge in [-0.05, 0) is 52.3 Å². The smallest absolute Gasteiger partial charge is 0.407 e. The number of ether oxygens (including phenoxy) is 1. The number of nitrogens with zero attached hydrogens (tertiary/aromatic N) is 2. The monoisotopic (exact) mass is 305 g/mol. The van der Waals surface area contributed by atoms with E-state index in [0.717, 1.165) is 44.6 Å². The Kier molecular flexibility index (Phi) is 5.77. The fraction of sp³-hybridized carbons (Fsp3) is 0.647. The second-order valence-electron chi connectivity index (χ2n) is 6.86. The molecule has 22 heavy (non-hydrogen) atoms. The molecule has 1 atom stereocenters. The van der Waals surface area contributed by atoms with Crippen molar-refractivity contribution in [3.8, 4) is 0 Å². The fourth-order valence-corrected chi connectivity index (χ4v) is 2.67. The average Bonchev–Trinajstić information content (AvgIpc) is 2.44. The standard InChI is InChI=1S/C17H27N3O2/c1-17(2,3)22-16(21)19-15-8-6-11-20(13-15)12-9-14-7-4-5-10-18-14/h4-5,7,10,15H,6,8-9,11-13H2,1-3H3,(H,19,21)/t15-/m1/s1. The molecule has 122 valence electrons. The van der Waals surface area contributed by atoms with Gasteiger partial charge in [-0.15, -0.1) is 0 Å². The molecule has 1 aliphatic heterocycles. The first kappa shape index (κ1) is 16.7. The highest BCUT2D eigenvalue weighted by Crippen LogP contribution is 2.12. The molecule has 1 aromatic rings. The van der Waals surface area contributed by atoms with E-state index in [-0.39, 0.29) is 12.1 Å². The molecule has 5 heteroatoms. The van der Waals surface area contributed by atoms with Crippen molar-refractivity contribution >= 4 is 6.09 Å². The number of piperidine rings is 1. The van der Waals surface area contributed by atoms with Gasteiger partial charge in [0.25, 0.3) is 0 Å². The topological polar surface area (TPSA) is 54.5 Å². The first-order valence-corrected chi connectivity index (χ1v) is 8.04. The van der Waals surface area contributed by atoms with Crippen LogP contribution in [0.4, 0.5) is 4.79 Å². The Hall–Kier alpha value is -1.62. The van der Waals surface area contributed by atoms with Gasteiger partial charge in [-0.2, -0.15) is 0 Å². The molecule has 5 nitrogen and oxygen atoms in total. The molecule has 2 rings (SSSR count). The number of hydrogen-bond acceptors (Lipinski definition) is 4. The maximum Gasteiger partial charge on any atom is 0.407 e. The van der Waals surface area contributed by atoms with Gasteiger partial charge in [0.05, 0.1) is 0 Å². The van der Waals surface area contributed by atoms with Gasteiger partial charge in [-0.1, -0.05) is 6.07 Å². The van der Waals surface area contributed by atoms with Gasteiger partial charge in [0, 0.05) is 37.4 Å². The third kappa shape index (κ3) is 6.02. The van der Waals surface area contributed by atoms with E-state index in [1.807, 2.05) is 39.1 Å². The Morgan fingerprint density at radius 3 is 2.95 bits per heavy atom. The highest BCUT2D eigenvalue weighted by atomic mass is 16.6. The minimum atomic E-state index is -0.447. The minimum Gasteiger partial charge on any atom is -0.444 e. The van der Waals surface area contributed by atoms with E-state index in [2.05, 4.69) is 21.3 Å². The maximum absolute atomic E-state index is 11.9. The summed E-state index contributed by atoms with van der Waals surface area (Å²) in [5, 5.41) is 2.99. The van der Waals surface area contributed by atoms with Gasteiger partial charge in [-0.25, -0.2) is 4.79 Å². The van der Waals surface area contributed by atoms with Crippen LogP contribution in [0, 0.1) is 0 Å². The second kappa shape index (κ2) is 7.58. The molecular formula is C17H27N3O2. The molecule has 1 N–H and O–H groups in total. The Morgan fingerprint density at radius 1 is 1.45 bits per heavy atom. The summed E-state index contributed by atoms with van der Waals surface area (Å²) in [6, 6.07) is 6.18. The predicted octanol–water partition coefficient (Wildman–Crippen LogP) is 2.61. The lowest BCUT2D eigenvalue weighted by molar-refractivity contribution is 0.0472. The minimum absolute atomic E-state index is 0.173. The number of aromatic nitrogens is 1. The Labute approximate surface area is 133 Å². The van der Waals surface area contributed by atoms with Gasteiger partial charge in [0.1, 0.15) is 5.60 Å². The summed E-state index contributed by atoms with van der Waals surface area (Å²) >= 11 is 0. The number of likely N-dealkylation sites (tertiary alicyclic amines) is 1. The van der Waals surface area contributed by atoms with Crippen molar-refractivity contribution < 1.29 is 9.53 Å². The molecule has 0 radical (unpaired) electrons. The van der Waals surface area contributed by atoms with Crippen LogP contribution in [0.5, 0.6) is 0 Å². The first-order valence-electron chi connectivity index (χ1n) is 8.04. The fourth-order valence-electron chi connectivity index (χ4n) is 2.67. The molecule has 2 heterocycles. The van der Waals surface area contributed by atoms with Crippen molar-refractivity contribution in [1.82, 2.24) is 15.2 Å². The summed E-state index contributed by atoms with van der Waals surface area (Å²) in [5.41, 5.74) is 0.668. The molecule has 0 aromatic carbocycles. The first-order chi connectivity index (χ1) is 10.4. The molecule has 0 unspecified atom stereocenters. The van der Waals surface area contributed by atoms with Crippen LogP contribution in [0.1, 0.15) is 39.3 Å². The van der Waals surface area contributed by atoms with Gasteiger partial charge in [0.15, 0.2) is 0 Å². The van der Waals surface area contributed by atoms with E-state index in [9.17, 15) is 4.79 Å². The molecule has 1 aliphatic rings. The summed E-state index contributed by atoms with van der Waals surface area (Å²) in [7, 11) is 0. The highest BCUT2D eigenvalue weighted by molar-refractivity contribution is 5.68. The largest absolute Gasteiger partial charge is 0.444 e. The van der Waals surface area contributed by atoms with Crippen molar-refractivity contribution in [3.63, 3.8) is 0 Å². The van der Waals surface area contributed by atoms with Crippen LogP contribution >= 0.6 is 0 Å². The van der Waals surface area contributed by atoms with E-state index in [1.165, 1.54) is 0 Å². The van der Waals surface area contributed by atoms with Crippen molar-refractivity contribution in [2.45, 2.75) is 51.7 Å². The lowest BCUT2D eigenvalue weighted by Crippen LogP contribution is -2.49. The Morgan fingerprint density at radius 2 is 2.27 bits per heavy atom. The number of pyridine rings is 1. The Bertz CT molecular complexity index is 471. The van der Waals surface area contributed by atoms with Crippen molar-refractivity contribution in [3.05, 3.63) is 30.1 Å². The van der Waals surface area contributed by atoms with Crippen LogP contribution < -0.4 is 5.32 Å². The lowest BCUT2D eigenvalue weighted by atomic mass is 10.1. The highest BCUT2D eigenvalue weighted by Gasteiger charge is 2.23. The third-order valence-electron chi connectivity index (χ3n) is 3.64. The van der Waals surface area contributed by atoms with E-state index in [4.69, 9.17) is 4.74 Å². The normalized spacial score (nSPS) is 19.7. The van der Waals surface area contributed by atoms with Crippen molar-refractivity contribution in [1.29, 1.82) is 0 Å². The van der Waals surface area contributed by atoms with Gasteiger partial charge in [-0.3, -0.25) is 4.98 Å². The van der Waals surface area contributed by atoms with Crippen LogP contribution in [0.15, 0.2) is 24.4 Å². The van der Waals surface area contributed by atoms with E-state index in [1.54, 1.807) is 0 Å². The summed E-state index contributed by atoms with van der Waals surface area (Å²) in [6.45, 7) is 8.58. The van der Waals surface area contributed by atoms with Crippen LogP contribution in [0.3, 0.4) is 0 Å². The SMILES string of the molecule is CC(C)(C)OC(=O)N[C@@H]1CCCN(CCc2ccccn2)C1. The lowest BCUT2D eigenvalue weighted by Gasteiger charge is -2.33. The second-order valence-corrected chi connectivity index (χ2v) is 6.86. The number of amides is 1. The number of rotatable bonds is 4. The zero-order valence-electron chi connectivity index (χ0n) is 13.8. The van der Waals surface area contributed by atoms with E-state index < -0.39 is 5.60 Å². The molecule has 1 fully saturated rings. The van der Waals surface area contributed by atoms with Crippen molar-refractivity contribution in [2.75, 3.05) is 19.6 Å². The summed E-state index contributed by atoms with van der Waals surface area (Å²) < 4.78 is 5.33.